The minimum absolute atomic E-state index is 0.0490. The van der Waals surface area contributed by atoms with Gasteiger partial charge in [-0.1, -0.05) is 30.0 Å². The quantitative estimate of drug-likeness (QED) is 0.410. The summed E-state index contributed by atoms with van der Waals surface area (Å²) in [6, 6.07) is 15.0. The highest BCUT2D eigenvalue weighted by atomic mass is 16.6. The summed E-state index contributed by atoms with van der Waals surface area (Å²) in [5.74, 6) is 4.38. The molecule has 9 heteroatoms. The fourth-order valence-electron chi connectivity index (χ4n) is 3.42. The Morgan fingerprint density at radius 2 is 1.58 bits per heavy atom. The summed E-state index contributed by atoms with van der Waals surface area (Å²) in [6.07, 6.45) is 1.03. The van der Waals surface area contributed by atoms with E-state index < -0.39 is 35.5 Å². The Hall–Kier alpha value is -4.32. The molecule has 0 heterocycles. The predicted molar refractivity (Wildman–Crippen MR) is 141 cm³/mol. The zero-order chi connectivity index (χ0) is 27.7. The summed E-state index contributed by atoms with van der Waals surface area (Å²) >= 11 is 0. The molecule has 0 saturated heterocycles. The molecule has 0 unspecified atom stereocenters. The first-order chi connectivity index (χ1) is 18.1. The van der Waals surface area contributed by atoms with Crippen molar-refractivity contribution in [2.45, 2.75) is 51.3 Å². The van der Waals surface area contributed by atoms with Gasteiger partial charge in [0, 0.05) is 29.3 Å². The lowest BCUT2D eigenvalue weighted by atomic mass is 10.1. The average molecular weight is 520 g/mol. The molecule has 9 nitrogen and oxygen atoms in total. The molecule has 0 radical (unpaired) electrons. The number of nitrogens with one attached hydrogen (secondary N) is 2. The lowest BCUT2D eigenvalue weighted by molar-refractivity contribution is -0.142. The van der Waals surface area contributed by atoms with Crippen molar-refractivity contribution < 1.29 is 28.7 Å². The maximum atomic E-state index is 12.8. The van der Waals surface area contributed by atoms with Gasteiger partial charge in [-0.25, -0.2) is 9.59 Å². The number of hydrogen-bond acceptors (Lipinski definition) is 6. The molecule has 1 aliphatic carbocycles. The average Bonchev–Trinajstić information content (AvgIpc) is 3.73. The summed E-state index contributed by atoms with van der Waals surface area (Å²) in [5.41, 5.74) is 1.24. The highest BCUT2D eigenvalue weighted by molar-refractivity contribution is 5.97. The molecule has 1 aliphatic rings. The molecule has 0 aliphatic heterocycles. The number of hydrogen-bond donors (Lipinski definition) is 2. The molecule has 2 aromatic rings. The summed E-state index contributed by atoms with van der Waals surface area (Å²) < 4.78 is 10.2. The van der Waals surface area contributed by atoms with E-state index in [1.165, 1.54) is 12.0 Å². The highest BCUT2D eigenvalue weighted by Crippen LogP contribution is 2.28. The van der Waals surface area contributed by atoms with Gasteiger partial charge >= 0.3 is 12.1 Å². The zero-order valence-electron chi connectivity index (χ0n) is 22.1. The smallest absolute Gasteiger partial charge is 0.411 e. The van der Waals surface area contributed by atoms with Crippen molar-refractivity contribution in [3.8, 4) is 11.8 Å². The second-order valence-electron chi connectivity index (χ2n) is 9.89. The number of benzene rings is 2. The van der Waals surface area contributed by atoms with Crippen molar-refractivity contribution >= 4 is 23.9 Å². The Balaban J connectivity index is 1.57. The van der Waals surface area contributed by atoms with Crippen LogP contribution in [0, 0.1) is 11.8 Å². The van der Waals surface area contributed by atoms with E-state index in [1.807, 2.05) is 30.3 Å². The number of nitrogens with zero attached hydrogens (tertiary/aromatic N) is 1. The van der Waals surface area contributed by atoms with Gasteiger partial charge in [0.05, 0.1) is 7.11 Å². The van der Waals surface area contributed by atoms with Gasteiger partial charge < -0.3 is 20.1 Å². The highest BCUT2D eigenvalue weighted by Gasteiger charge is 2.36. The lowest BCUT2D eigenvalue weighted by Gasteiger charge is -2.27. The number of esters is 1. The van der Waals surface area contributed by atoms with Crippen LogP contribution in [0.2, 0.25) is 0 Å². The Morgan fingerprint density at radius 3 is 2.13 bits per heavy atom. The normalized spacial score (nSPS) is 13.3. The van der Waals surface area contributed by atoms with E-state index in [-0.39, 0.29) is 19.1 Å². The number of ether oxygens (including phenoxy) is 2. The third-order valence-electron chi connectivity index (χ3n) is 5.50. The molecule has 3 rings (SSSR count). The fourth-order valence-corrected chi connectivity index (χ4v) is 3.42. The van der Waals surface area contributed by atoms with E-state index in [1.54, 1.807) is 45.0 Å². The molecule has 2 aromatic carbocycles. The van der Waals surface area contributed by atoms with Gasteiger partial charge in [0.15, 0.2) is 0 Å². The third kappa shape index (κ3) is 8.96. The lowest BCUT2D eigenvalue weighted by Crippen LogP contribution is -2.51. The molecule has 1 fully saturated rings. The monoisotopic (exact) mass is 519 g/mol. The van der Waals surface area contributed by atoms with Crippen LogP contribution in [0.4, 0.5) is 4.79 Å². The number of amides is 3. The van der Waals surface area contributed by atoms with Gasteiger partial charge in [0.25, 0.3) is 5.91 Å². The van der Waals surface area contributed by atoms with Crippen molar-refractivity contribution in [1.29, 1.82) is 0 Å². The molecule has 38 heavy (non-hydrogen) atoms. The van der Waals surface area contributed by atoms with Gasteiger partial charge in [-0.2, -0.15) is 0 Å². The molecular weight excluding hydrogens is 486 g/mol. The molecule has 1 atom stereocenters. The van der Waals surface area contributed by atoms with E-state index in [4.69, 9.17) is 9.47 Å². The summed E-state index contributed by atoms with van der Waals surface area (Å²) in [5, 5.41) is 5.19. The van der Waals surface area contributed by atoms with Crippen LogP contribution in [-0.4, -0.2) is 66.7 Å². The summed E-state index contributed by atoms with van der Waals surface area (Å²) in [6.45, 7) is 4.85. The van der Waals surface area contributed by atoms with Gasteiger partial charge in [-0.15, -0.1) is 0 Å². The Bertz CT molecular complexity index is 1200. The van der Waals surface area contributed by atoms with Crippen LogP contribution >= 0.6 is 0 Å². The molecule has 0 aromatic heterocycles. The second kappa shape index (κ2) is 12.8. The van der Waals surface area contributed by atoms with Crippen molar-refractivity contribution in [1.82, 2.24) is 15.5 Å². The zero-order valence-corrected chi connectivity index (χ0v) is 22.1. The largest absolute Gasteiger partial charge is 0.467 e. The van der Waals surface area contributed by atoms with Gasteiger partial charge in [-0.3, -0.25) is 14.5 Å². The first-order valence-electron chi connectivity index (χ1n) is 12.4. The minimum Gasteiger partial charge on any atom is -0.467 e. The maximum absolute atomic E-state index is 12.8. The van der Waals surface area contributed by atoms with Gasteiger partial charge in [-0.05, 0) is 70.0 Å². The SMILES string of the molecule is COC(=O)[C@H](CNC(=O)CN(C(=O)OC(C)(C)C)C1CC1)NC(=O)c1ccc(C#Cc2ccccc2)cc1. The van der Waals surface area contributed by atoms with E-state index >= 15 is 0 Å². The molecule has 0 spiro atoms. The number of rotatable bonds is 8. The van der Waals surface area contributed by atoms with Gasteiger partial charge in [0.2, 0.25) is 5.91 Å². The van der Waals surface area contributed by atoms with E-state index in [9.17, 15) is 19.2 Å². The predicted octanol–water partition coefficient (Wildman–Crippen LogP) is 2.87. The van der Waals surface area contributed by atoms with Crippen molar-refractivity contribution in [2.24, 2.45) is 0 Å². The van der Waals surface area contributed by atoms with Crippen molar-refractivity contribution in [3.63, 3.8) is 0 Å². The first kappa shape index (κ1) is 28.3. The van der Waals surface area contributed by atoms with Crippen LogP contribution in [-0.2, 0) is 19.1 Å². The Kier molecular flexibility index (Phi) is 9.49. The van der Waals surface area contributed by atoms with E-state index in [0.717, 1.165) is 24.0 Å². The first-order valence-corrected chi connectivity index (χ1v) is 12.4. The van der Waals surface area contributed by atoms with E-state index in [2.05, 4.69) is 22.5 Å². The fraction of sp³-hybridized carbons (Fsp3) is 0.379. The molecule has 0 bridgehead atoms. The van der Waals surface area contributed by atoms with Crippen LogP contribution in [0.1, 0.15) is 55.1 Å². The van der Waals surface area contributed by atoms with Crippen LogP contribution in [0.5, 0.6) is 0 Å². The standard InChI is InChI=1S/C29H33N3O6/c1-29(2,3)38-28(36)32(23-16-17-23)19-25(33)30-18-24(27(35)37-4)31-26(34)22-14-12-21(13-15-22)11-10-20-8-6-5-7-9-20/h5-9,12-15,23-24H,16-19H2,1-4H3,(H,30,33)(H,31,34)/t24-/m0/s1. The molecular formula is C29H33N3O6. The molecule has 200 valence electrons. The number of carbonyl (C=O) groups excluding carboxylic acids is 4. The Labute approximate surface area is 222 Å². The number of methoxy groups -OCH3 is 1. The van der Waals surface area contributed by atoms with Gasteiger partial charge in [0.1, 0.15) is 18.2 Å². The maximum Gasteiger partial charge on any atom is 0.411 e. The minimum atomic E-state index is -1.12. The molecule has 2 N–H and O–H groups in total. The number of carbonyl (C=O) groups is 4. The summed E-state index contributed by atoms with van der Waals surface area (Å²) in [7, 11) is 1.20. The van der Waals surface area contributed by atoms with E-state index in [0.29, 0.717) is 5.56 Å². The van der Waals surface area contributed by atoms with Crippen LogP contribution < -0.4 is 10.6 Å². The Morgan fingerprint density at radius 1 is 0.974 bits per heavy atom. The topological polar surface area (TPSA) is 114 Å². The van der Waals surface area contributed by atoms with Crippen LogP contribution in [0.15, 0.2) is 54.6 Å². The third-order valence-corrected chi connectivity index (χ3v) is 5.50. The van der Waals surface area contributed by atoms with Crippen LogP contribution in [0.3, 0.4) is 0 Å². The van der Waals surface area contributed by atoms with Crippen LogP contribution in [0.25, 0.3) is 0 Å². The summed E-state index contributed by atoms with van der Waals surface area (Å²) in [4.78, 5) is 51.5. The molecule has 3 amide bonds. The molecule has 1 saturated carbocycles. The second-order valence-corrected chi connectivity index (χ2v) is 9.89. The van der Waals surface area contributed by atoms with Crippen molar-refractivity contribution in [2.75, 3.05) is 20.2 Å². The van der Waals surface area contributed by atoms with Crippen molar-refractivity contribution in [3.05, 3.63) is 71.3 Å².